The molecule has 1 fully saturated rings. The maximum absolute atomic E-state index is 9.16. The highest BCUT2D eigenvalue weighted by Gasteiger charge is 2.39. The van der Waals surface area contributed by atoms with E-state index in [1.165, 1.54) is 36.8 Å². The third kappa shape index (κ3) is 3.77. The van der Waals surface area contributed by atoms with Crippen LogP contribution in [0.2, 0.25) is 0 Å². The first-order valence-corrected chi connectivity index (χ1v) is 11.1. The average Bonchev–Trinajstić information content (AvgIpc) is 3.42. The molecule has 1 spiro atoms. The van der Waals surface area contributed by atoms with Gasteiger partial charge in [0.2, 0.25) is 0 Å². The number of hydrogen-bond acceptors (Lipinski definition) is 3. The number of anilines is 1. The topological polar surface area (TPSA) is 44.9 Å². The highest BCUT2D eigenvalue weighted by atomic mass is 15.4. The lowest BCUT2D eigenvalue weighted by Gasteiger charge is -2.32. The van der Waals surface area contributed by atoms with Crippen molar-refractivity contribution in [2.45, 2.75) is 39.5 Å². The van der Waals surface area contributed by atoms with Gasteiger partial charge in [-0.05, 0) is 69.2 Å². The Morgan fingerprint density at radius 1 is 1.00 bits per heavy atom. The number of hydrogen-bond donors (Lipinski definition) is 0. The van der Waals surface area contributed by atoms with E-state index in [4.69, 9.17) is 10.4 Å². The number of aromatic nitrogens is 2. The van der Waals surface area contributed by atoms with Crippen LogP contribution in [0.3, 0.4) is 0 Å². The van der Waals surface area contributed by atoms with Gasteiger partial charge >= 0.3 is 0 Å². The van der Waals surface area contributed by atoms with E-state index in [0.717, 1.165) is 35.9 Å². The molecule has 1 aliphatic heterocycles. The third-order valence-electron chi connectivity index (χ3n) is 6.98. The minimum Gasteiger partial charge on any atom is -0.355 e. The Bertz CT molecular complexity index is 1160. The fourth-order valence-electron chi connectivity index (χ4n) is 4.89. The zero-order chi connectivity index (χ0) is 21.4. The van der Waals surface area contributed by atoms with Crippen LogP contribution in [-0.2, 0) is 0 Å². The van der Waals surface area contributed by atoms with Crippen molar-refractivity contribution in [3.63, 3.8) is 0 Å². The fourth-order valence-corrected chi connectivity index (χ4v) is 4.89. The van der Waals surface area contributed by atoms with Gasteiger partial charge in [-0.2, -0.15) is 5.26 Å². The first kappa shape index (κ1) is 19.6. The van der Waals surface area contributed by atoms with Crippen LogP contribution in [-0.4, -0.2) is 22.9 Å². The third-order valence-corrected chi connectivity index (χ3v) is 6.98. The van der Waals surface area contributed by atoms with Crippen LogP contribution in [0.5, 0.6) is 0 Å². The monoisotopic (exact) mass is 408 g/mol. The molecule has 3 aromatic rings. The molecule has 4 heteroatoms. The van der Waals surface area contributed by atoms with Crippen molar-refractivity contribution in [2.24, 2.45) is 5.41 Å². The minimum atomic E-state index is 0.405. The summed E-state index contributed by atoms with van der Waals surface area (Å²) in [5.74, 6) is 1.04. The summed E-state index contributed by atoms with van der Waals surface area (Å²) in [6, 6.07) is 20.7. The van der Waals surface area contributed by atoms with Crippen LogP contribution in [0, 0.1) is 23.7 Å². The van der Waals surface area contributed by atoms with Gasteiger partial charge in [0.1, 0.15) is 0 Å². The van der Waals surface area contributed by atoms with Crippen LogP contribution in [0.15, 0.2) is 66.2 Å². The maximum Gasteiger partial charge on any atom is 0.151 e. The number of allylic oxidation sites excluding steroid dienone is 2. The standard InChI is InChI=1S/C27H28N4/c1-20-3-7-23(8-4-20)25-17-26(29-31(25)24-9-5-22(18-28)6-10-24)30-16-15-27(19-30)13-11-21(2)12-14-27/h3-11,17H,12-16,19H2,1-2H3. The second kappa shape index (κ2) is 7.74. The van der Waals surface area contributed by atoms with Gasteiger partial charge in [-0.15, -0.1) is 5.10 Å². The second-order valence-electron chi connectivity index (χ2n) is 9.25. The first-order chi connectivity index (χ1) is 15.0. The Morgan fingerprint density at radius 3 is 2.45 bits per heavy atom. The Labute approximate surface area is 184 Å². The van der Waals surface area contributed by atoms with Crippen LogP contribution < -0.4 is 4.90 Å². The van der Waals surface area contributed by atoms with Gasteiger partial charge < -0.3 is 4.90 Å². The molecule has 1 atom stereocenters. The molecule has 2 aromatic carbocycles. The highest BCUT2D eigenvalue weighted by Crippen LogP contribution is 2.44. The molecule has 156 valence electrons. The van der Waals surface area contributed by atoms with Gasteiger partial charge in [0.15, 0.2) is 5.82 Å². The molecule has 2 heterocycles. The van der Waals surface area contributed by atoms with Crippen molar-refractivity contribution in [1.82, 2.24) is 9.78 Å². The summed E-state index contributed by atoms with van der Waals surface area (Å²) in [5.41, 5.74) is 7.06. The van der Waals surface area contributed by atoms with Crippen molar-refractivity contribution < 1.29 is 0 Å². The number of benzene rings is 2. The predicted octanol–water partition coefficient (Wildman–Crippen LogP) is 6.05. The van der Waals surface area contributed by atoms with E-state index in [0.29, 0.717) is 11.0 Å². The molecule has 0 radical (unpaired) electrons. The molecule has 1 aromatic heterocycles. The molecule has 1 unspecified atom stereocenters. The summed E-state index contributed by atoms with van der Waals surface area (Å²) in [6.45, 7) is 6.50. The van der Waals surface area contributed by atoms with Crippen LogP contribution >= 0.6 is 0 Å². The van der Waals surface area contributed by atoms with Crippen molar-refractivity contribution in [1.29, 1.82) is 5.26 Å². The molecule has 31 heavy (non-hydrogen) atoms. The van der Waals surface area contributed by atoms with Gasteiger partial charge in [0, 0.05) is 24.7 Å². The van der Waals surface area contributed by atoms with Gasteiger partial charge in [-0.25, -0.2) is 4.68 Å². The molecule has 2 aliphatic rings. The fraction of sp³-hybridized carbons (Fsp3) is 0.333. The lowest BCUT2D eigenvalue weighted by Crippen LogP contribution is -2.28. The van der Waals surface area contributed by atoms with Gasteiger partial charge in [0.25, 0.3) is 0 Å². The molecule has 0 bridgehead atoms. The molecular weight excluding hydrogens is 380 g/mol. The molecule has 0 N–H and O–H groups in total. The first-order valence-electron chi connectivity index (χ1n) is 11.1. The molecule has 5 rings (SSSR count). The minimum absolute atomic E-state index is 0.405. The zero-order valence-corrected chi connectivity index (χ0v) is 18.3. The summed E-state index contributed by atoms with van der Waals surface area (Å²) in [6.07, 6.45) is 7.38. The summed E-state index contributed by atoms with van der Waals surface area (Å²) in [4.78, 5) is 2.46. The predicted molar refractivity (Wildman–Crippen MR) is 125 cm³/mol. The second-order valence-corrected chi connectivity index (χ2v) is 9.25. The maximum atomic E-state index is 9.16. The van der Waals surface area contributed by atoms with E-state index >= 15 is 0 Å². The molecular formula is C27H28N4. The number of nitriles is 1. The lowest BCUT2D eigenvalue weighted by molar-refractivity contribution is 0.290. The number of rotatable bonds is 3. The zero-order valence-electron chi connectivity index (χ0n) is 18.3. The largest absolute Gasteiger partial charge is 0.355 e. The summed E-state index contributed by atoms with van der Waals surface area (Å²) in [5, 5.41) is 14.2. The lowest BCUT2D eigenvalue weighted by atomic mass is 9.74. The summed E-state index contributed by atoms with van der Waals surface area (Å²) < 4.78 is 2.02. The SMILES string of the molecule is CC1=CCC2(CC1)CCN(c1cc(-c3ccc(C)cc3)n(-c3ccc(C#N)cc3)n1)C2. The summed E-state index contributed by atoms with van der Waals surface area (Å²) in [7, 11) is 0. The van der Waals surface area contributed by atoms with Crippen LogP contribution in [0.25, 0.3) is 16.9 Å². The Hall–Kier alpha value is -3.32. The molecule has 0 saturated carbocycles. The van der Waals surface area contributed by atoms with Gasteiger partial charge in [-0.3, -0.25) is 0 Å². The van der Waals surface area contributed by atoms with E-state index < -0.39 is 0 Å². The number of aryl methyl sites for hydroxylation is 1. The normalized spacial score (nSPS) is 20.7. The molecule has 0 amide bonds. The van der Waals surface area contributed by atoms with Gasteiger partial charge in [0.05, 0.1) is 23.0 Å². The van der Waals surface area contributed by atoms with Crippen molar-refractivity contribution in [3.8, 4) is 23.0 Å². The molecule has 1 aliphatic carbocycles. The van der Waals surface area contributed by atoms with Crippen LogP contribution in [0.1, 0.15) is 43.7 Å². The Morgan fingerprint density at radius 2 is 1.77 bits per heavy atom. The Kier molecular flexibility index (Phi) is 4.90. The Balaban J connectivity index is 1.52. The van der Waals surface area contributed by atoms with E-state index in [1.54, 1.807) is 0 Å². The smallest absolute Gasteiger partial charge is 0.151 e. The van der Waals surface area contributed by atoms with E-state index in [9.17, 15) is 0 Å². The quantitative estimate of drug-likeness (QED) is 0.496. The van der Waals surface area contributed by atoms with Gasteiger partial charge in [-0.1, -0.05) is 41.5 Å². The van der Waals surface area contributed by atoms with Crippen LogP contribution in [0.4, 0.5) is 5.82 Å². The van der Waals surface area contributed by atoms with Crippen molar-refractivity contribution in [2.75, 3.05) is 18.0 Å². The van der Waals surface area contributed by atoms with Crippen molar-refractivity contribution >= 4 is 5.82 Å². The molecule has 1 saturated heterocycles. The summed E-state index contributed by atoms with van der Waals surface area (Å²) >= 11 is 0. The highest BCUT2D eigenvalue weighted by molar-refractivity contribution is 5.67. The average molecular weight is 409 g/mol. The number of nitrogens with zero attached hydrogens (tertiary/aromatic N) is 4. The van der Waals surface area contributed by atoms with E-state index in [1.807, 2.05) is 28.9 Å². The van der Waals surface area contributed by atoms with Crippen molar-refractivity contribution in [3.05, 3.63) is 77.4 Å². The van der Waals surface area contributed by atoms with E-state index in [-0.39, 0.29) is 0 Å². The molecule has 4 nitrogen and oxygen atoms in total. The van der Waals surface area contributed by atoms with E-state index in [2.05, 4.69) is 61.2 Å².